The molecule has 0 saturated heterocycles. The van der Waals surface area contributed by atoms with Gasteiger partial charge < -0.3 is 4.74 Å². The molecule has 3 aromatic carbocycles. The molecular weight excluding hydrogens is 350 g/mol. The lowest BCUT2D eigenvalue weighted by Crippen LogP contribution is -2.13. The first-order chi connectivity index (χ1) is 12.5. The predicted octanol–water partition coefficient (Wildman–Crippen LogP) is 3.53. The van der Waals surface area contributed by atoms with Gasteiger partial charge in [-0.1, -0.05) is 24.3 Å². The van der Waals surface area contributed by atoms with Gasteiger partial charge in [0.25, 0.3) is 10.0 Å². The van der Waals surface area contributed by atoms with Crippen LogP contribution in [-0.4, -0.2) is 21.5 Å². The second-order valence-electron chi connectivity index (χ2n) is 6.24. The third-order valence-electron chi connectivity index (χ3n) is 4.68. The topological polar surface area (TPSA) is 72.5 Å². The van der Waals surface area contributed by atoms with Crippen molar-refractivity contribution in [2.75, 3.05) is 11.8 Å². The van der Waals surface area contributed by atoms with E-state index in [2.05, 4.69) is 9.46 Å². The summed E-state index contributed by atoms with van der Waals surface area (Å²) in [5.74, 6) is -0.466. The summed E-state index contributed by atoms with van der Waals surface area (Å²) in [5.41, 5.74) is 3.13. The molecule has 0 bridgehead atoms. The first-order valence-corrected chi connectivity index (χ1v) is 9.72. The Labute approximate surface area is 151 Å². The van der Waals surface area contributed by atoms with Crippen molar-refractivity contribution in [3.8, 4) is 0 Å². The van der Waals surface area contributed by atoms with Gasteiger partial charge in [0.15, 0.2) is 0 Å². The molecule has 0 aliphatic heterocycles. The summed E-state index contributed by atoms with van der Waals surface area (Å²) in [5, 5.41) is 1.80. The molecular formula is C20H17NO4S. The Kier molecular flexibility index (Phi) is 3.92. The summed E-state index contributed by atoms with van der Waals surface area (Å²) >= 11 is 0. The monoisotopic (exact) mass is 367 g/mol. The highest BCUT2D eigenvalue weighted by Crippen LogP contribution is 2.35. The van der Waals surface area contributed by atoms with Crippen molar-refractivity contribution in [1.29, 1.82) is 0 Å². The molecule has 0 spiro atoms. The largest absolute Gasteiger partial charge is 0.465 e. The average Bonchev–Trinajstić information content (AvgIpc) is 3.07. The van der Waals surface area contributed by atoms with Crippen LogP contribution in [0.1, 0.15) is 21.5 Å². The van der Waals surface area contributed by atoms with E-state index in [1.807, 2.05) is 24.3 Å². The fourth-order valence-electron chi connectivity index (χ4n) is 3.46. The summed E-state index contributed by atoms with van der Waals surface area (Å²) in [6.07, 6.45) is 1.89. The second kappa shape index (κ2) is 6.14. The molecule has 4 rings (SSSR count). The number of sulfonamides is 1. The van der Waals surface area contributed by atoms with Gasteiger partial charge in [-0.3, -0.25) is 4.72 Å². The molecule has 132 valence electrons. The SMILES string of the molecule is COC(=O)c1ccc(NS(=O)(=O)c2ccc3c4c(cccc24)CC3)cc1. The van der Waals surface area contributed by atoms with Crippen LogP contribution in [0.4, 0.5) is 5.69 Å². The van der Waals surface area contributed by atoms with Gasteiger partial charge in [0, 0.05) is 11.1 Å². The molecule has 1 aliphatic rings. The van der Waals surface area contributed by atoms with Crippen molar-refractivity contribution in [3.05, 3.63) is 71.3 Å². The summed E-state index contributed by atoms with van der Waals surface area (Å²) in [6, 6.07) is 15.5. The maximum atomic E-state index is 12.9. The fraction of sp³-hybridized carbons (Fsp3) is 0.150. The van der Waals surface area contributed by atoms with Crippen molar-refractivity contribution >= 4 is 32.5 Å². The number of benzene rings is 3. The van der Waals surface area contributed by atoms with E-state index in [9.17, 15) is 13.2 Å². The van der Waals surface area contributed by atoms with Gasteiger partial charge in [0.2, 0.25) is 0 Å². The lowest BCUT2D eigenvalue weighted by Gasteiger charge is -2.12. The number of nitrogens with one attached hydrogen (secondary N) is 1. The van der Waals surface area contributed by atoms with Gasteiger partial charge >= 0.3 is 5.97 Å². The minimum absolute atomic E-state index is 0.261. The normalized spacial score (nSPS) is 13.0. The number of esters is 1. The number of rotatable bonds is 4. The van der Waals surface area contributed by atoms with Gasteiger partial charge in [0.1, 0.15) is 0 Å². The van der Waals surface area contributed by atoms with Crippen LogP contribution < -0.4 is 4.72 Å². The Hall–Kier alpha value is -2.86. The van der Waals surface area contributed by atoms with Crippen LogP contribution in [0.15, 0.2) is 59.5 Å². The quantitative estimate of drug-likeness (QED) is 0.716. The molecule has 0 amide bonds. The van der Waals surface area contributed by atoms with Gasteiger partial charge in [-0.2, -0.15) is 0 Å². The smallest absolute Gasteiger partial charge is 0.337 e. The number of anilines is 1. The van der Waals surface area contributed by atoms with E-state index in [0.29, 0.717) is 11.3 Å². The zero-order valence-corrected chi connectivity index (χ0v) is 15.0. The van der Waals surface area contributed by atoms with E-state index in [4.69, 9.17) is 0 Å². The third-order valence-corrected chi connectivity index (χ3v) is 6.12. The Morgan fingerprint density at radius 2 is 1.65 bits per heavy atom. The number of carbonyl (C=O) groups is 1. The molecule has 0 heterocycles. The van der Waals surface area contributed by atoms with E-state index >= 15 is 0 Å². The Bertz CT molecular complexity index is 1110. The first-order valence-electron chi connectivity index (χ1n) is 8.24. The van der Waals surface area contributed by atoms with Gasteiger partial charge in [-0.25, -0.2) is 13.2 Å². The van der Waals surface area contributed by atoms with Crippen LogP contribution in [0.3, 0.4) is 0 Å². The van der Waals surface area contributed by atoms with Crippen LogP contribution in [0.2, 0.25) is 0 Å². The number of ether oxygens (including phenoxy) is 1. The number of aryl methyl sites for hydroxylation is 2. The summed E-state index contributed by atoms with van der Waals surface area (Å²) in [4.78, 5) is 11.7. The lowest BCUT2D eigenvalue weighted by atomic mass is 10.1. The zero-order chi connectivity index (χ0) is 18.3. The first kappa shape index (κ1) is 16.6. The van der Waals surface area contributed by atoms with E-state index in [-0.39, 0.29) is 4.90 Å². The molecule has 0 radical (unpaired) electrons. The summed E-state index contributed by atoms with van der Waals surface area (Å²) < 4.78 is 33.1. The molecule has 0 aromatic heterocycles. The van der Waals surface area contributed by atoms with Crippen LogP contribution in [-0.2, 0) is 27.6 Å². The molecule has 0 fully saturated rings. The highest BCUT2D eigenvalue weighted by Gasteiger charge is 2.22. The molecule has 0 atom stereocenters. The van der Waals surface area contributed by atoms with Crippen molar-refractivity contribution in [1.82, 2.24) is 0 Å². The third kappa shape index (κ3) is 2.72. The molecule has 1 N–H and O–H groups in total. The van der Waals surface area contributed by atoms with Gasteiger partial charge in [-0.15, -0.1) is 0 Å². The average molecular weight is 367 g/mol. The summed E-state index contributed by atoms with van der Waals surface area (Å²) in [6.45, 7) is 0. The molecule has 0 saturated carbocycles. The predicted molar refractivity (Wildman–Crippen MR) is 99.9 cm³/mol. The Morgan fingerprint density at radius 3 is 2.35 bits per heavy atom. The van der Waals surface area contributed by atoms with Crippen LogP contribution in [0.25, 0.3) is 10.8 Å². The van der Waals surface area contributed by atoms with E-state index in [1.165, 1.54) is 30.4 Å². The number of hydrogen-bond donors (Lipinski definition) is 1. The maximum absolute atomic E-state index is 12.9. The minimum Gasteiger partial charge on any atom is -0.465 e. The highest BCUT2D eigenvalue weighted by molar-refractivity contribution is 7.93. The summed E-state index contributed by atoms with van der Waals surface area (Å²) in [7, 11) is -2.45. The van der Waals surface area contributed by atoms with E-state index in [0.717, 1.165) is 23.6 Å². The number of methoxy groups -OCH3 is 1. The van der Waals surface area contributed by atoms with E-state index in [1.54, 1.807) is 18.2 Å². The lowest BCUT2D eigenvalue weighted by molar-refractivity contribution is 0.0601. The number of carbonyl (C=O) groups excluding carboxylic acids is 1. The van der Waals surface area contributed by atoms with E-state index < -0.39 is 16.0 Å². The van der Waals surface area contributed by atoms with Gasteiger partial charge in [-0.05, 0) is 59.7 Å². The Morgan fingerprint density at radius 1 is 0.962 bits per heavy atom. The molecule has 3 aromatic rings. The van der Waals surface area contributed by atoms with Crippen molar-refractivity contribution in [2.45, 2.75) is 17.7 Å². The van der Waals surface area contributed by atoms with Crippen LogP contribution in [0, 0.1) is 0 Å². The highest BCUT2D eigenvalue weighted by atomic mass is 32.2. The van der Waals surface area contributed by atoms with Crippen molar-refractivity contribution in [2.24, 2.45) is 0 Å². The molecule has 5 nitrogen and oxygen atoms in total. The van der Waals surface area contributed by atoms with Crippen LogP contribution in [0.5, 0.6) is 0 Å². The fourth-order valence-corrected chi connectivity index (χ4v) is 4.72. The maximum Gasteiger partial charge on any atom is 0.337 e. The van der Waals surface area contributed by atoms with Crippen molar-refractivity contribution < 1.29 is 17.9 Å². The zero-order valence-electron chi connectivity index (χ0n) is 14.2. The molecule has 26 heavy (non-hydrogen) atoms. The van der Waals surface area contributed by atoms with Gasteiger partial charge in [0.05, 0.1) is 17.6 Å². The standard InChI is InChI=1S/C20H17NO4S/c1-25-20(22)15-7-10-16(11-8-15)21-26(23,24)18-12-9-14-6-5-13-3-2-4-17(18)19(13)14/h2-4,7-12,21H,5-6H2,1H3. The molecule has 1 aliphatic carbocycles. The second-order valence-corrected chi connectivity index (χ2v) is 7.89. The Balaban J connectivity index is 1.72. The van der Waals surface area contributed by atoms with Crippen molar-refractivity contribution in [3.63, 3.8) is 0 Å². The minimum atomic E-state index is -3.75. The molecule has 0 unspecified atom stereocenters. The molecule has 6 heteroatoms. The van der Waals surface area contributed by atoms with Crippen LogP contribution >= 0.6 is 0 Å². The number of hydrogen-bond acceptors (Lipinski definition) is 4.